The third kappa shape index (κ3) is 4.25. The van der Waals surface area contributed by atoms with Crippen LogP contribution in [0.5, 0.6) is 0 Å². The molecule has 2 N–H and O–H groups in total. The fraction of sp³-hybridized carbons (Fsp3) is 0.929. The topological polar surface area (TPSA) is 58.2 Å². The van der Waals surface area contributed by atoms with Crippen LogP contribution in [0.1, 0.15) is 103 Å². The number of rotatable bonds is 6. The molecule has 9 rings (SSSR count). The minimum Gasteiger partial charge on any atom is -0.299 e. The number of carbonyl (C=O) groups excluding carboxylic acids is 2. The van der Waals surface area contributed by atoms with Gasteiger partial charge in [0.2, 0.25) is 11.8 Å². The van der Waals surface area contributed by atoms with Crippen LogP contribution in [0, 0.1) is 47.3 Å². The van der Waals surface area contributed by atoms with Crippen molar-refractivity contribution >= 4 is 35.7 Å². The fourth-order valence-electron chi connectivity index (χ4n) is 10.4. The molecule has 0 aromatic rings. The number of nitrogens with one attached hydrogen (secondary N) is 2. The molecule has 9 aliphatic carbocycles. The highest BCUT2D eigenvalue weighted by atomic mass is 32.2. The summed E-state index contributed by atoms with van der Waals surface area (Å²) >= 11 is 3.59. The van der Waals surface area contributed by atoms with E-state index in [1.807, 2.05) is 0 Å². The van der Waals surface area contributed by atoms with E-state index in [9.17, 15) is 9.59 Å². The summed E-state index contributed by atoms with van der Waals surface area (Å²) in [4.78, 5) is 26.0. The largest absolute Gasteiger partial charge is 0.299 e. The van der Waals surface area contributed by atoms with Crippen LogP contribution >= 0.6 is 23.9 Å². The molecule has 9 aliphatic rings. The van der Waals surface area contributed by atoms with E-state index in [2.05, 4.69) is 9.44 Å². The Morgan fingerprint density at radius 3 is 1.03 bits per heavy atom. The summed E-state index contributed by atoms with van der Waals surface area (Å²) in [6.45, 7) is 0. The molecule has 4 nitrogen and oxygen atoms in total. The highest BCUT2D eigenvalue weighted by Gasteiger charge is 2.53. The average Bonchev–Trinajstić information content (AvgIpc) is 2.79. The van der Waals surface area contributed by atoms with Gasteiger partial charge >= 0.3 is 0 Å². The SMILES string of the molecule is O=C(NSC12CC3CC(CC(C3)C1)C2)C1CCC(C(=O)NSC23CC4CC(CC(C4)C2)C3)CC1. The molecule has 2 amide bonds. The summed E-state index contributed by atoms with van der Waals surface area (Å²) in [6.07, 6.45) is 20.1. The van der Waals surface area contributed by atoms with Gasteiger partial charge < -0.3 is 0 Å². The van der Waals surface area contributed by atoms with E-state index >= 15 is 0 Å². The van der Waals surface area contributed by atoms with E-state index in [4.69, 9.17) is 0 Å². The molecule has 0 aromatic carbocycles. The maximum Gasteiger partial charge on any atom is 0.232 e. The van der Waals surface area contributed by atoms with Crippen molar-refractivity contribution in [2.45, 2.75) is 112 Å². The molecule has 34 heavy (non-hydrogen) atoms. The van der Waals surface area contributed by atoms with Crippen LogP contribution in [-0.4, -0.2) is 21.3 Å². The van der Waals surface area contributed by atoms with Gasteiger partial charge in [0.25, 0.3) is 0 Å². The normalized spacial score (nSPS) is 50.4. The van der Waals surface area contributed by atoms with E-state index in [0.29, 0.717) is 9.49 Å². The predicted octanol–water partition coefficient (Wildman–Crippen LogP) is 6.26. The molecule has 0 saturated heterocycles. The predicted molar refractivity (Wildman–Crippen MR) is 139 cm³/mol. The molecule has 0 aliphatic heterocycles. The van der Waals surface area contributed by atoms with E-state index in [1.54, 1.807) is 23.9 Å². The lowest BCUT2D eigenvalue weighted by atomic mass is 9.56. The summed E-state index contributed by atoms with van der Waals surface area (Å²) < 4.78 is 7.31. The second-order valence-corrected chi connectivity index (χ2v) is 16.4. The average molecular weight is 503 g/mol. The van der Waals surface area contributed by atoms with Gasteiger partial charge in [-0.15, -0.1) is 0 Å². The quantitative estimate of drug-likeness (QED) is 0.421. The van der Waals surface area contributed by atoms with Crippen molar-refractivity contribution in [1.29, 1.82) is 0 Å². The van der Waals surface area contributed by atoms with Crippen LogP contribution in [0.15, 0.2) is 0 Å². The number of hydrogen-bond donors (Lipinski definition) is 2. The Morgan fingerprint density at radius 1 is 0.500 bits per heavy atom. The lowest BCUT2D eigenvalue weighted by molar-refractivity contribution is -0.128. The van der Waals surface area contributed by atoms with Gasteiger partial charge in [-0.25, -0.2) is 0 Å². The standard InChI is InChI=1S/C28H42N2O2S2/c31-25(29-33-27-11-17-5-18(12-27)7-19(6-17)13-27)23-1-2-24(4-3-23)26(32)30-34-28-14-20-8-21(15-28)10-22(9-20)16-28/h17-24H,1-16H2,(H,29,31)(H,30,32). The molecule has 8 bridgehead atoms. The summed E-state index contributed by atoms with van der Waals surface area (Å²) in [5, 5.41) is 0. The summed E-state index contributed by atoms with van der Waals surface area (Å²) in [5.74, 6) is 6.18. The molecular weight excluding hydrogens is 460 g/mol. The fourth-order valence-corrected chi connectivity index (χ4v) is 13.3. The third-order valence-electron chi connectivity index (χ3n) is 11.2. The molecule has 0 aromatic heterocycles. The van der Waals surface area contributed by atoms with Gasteiger partial charge in [0.15, 0.2) is 0 Å². The molecule has 0 unspecified atom stereocenters. The number of carbonyl (C=O) groups is 2. The van der Waals surface area contributed by atoms with Crippen LogP contribution in [0.25, 0.3) is 0 Å². The third-order valence-corrected chi connectivity index (χ3v) is 13.6. The van der Waals surface area contributed by atoms with E-state index in [0.717, 1.165) is 61.2 Å². The van der Waals surface area contributed by atoms with Crippen molar-refractivity contribution in [3.05, 3.63) is 0 Å². The summed E-state index contributed by atoms with van der Waals surface area (Å²) in [5.41, 5.74) is 0. The van der Waals surface area contributed by atoms with Crippen molar-refractivity contribution in [3.63, 3.8) is 0 Å². The Balaban J connectivity index is 0.870. The van der Waals surface area contributed by atoms with Crippen LogP contribution < -0.4 is 9.44 Å². The molecular formula is C28H42N2O2S2. The Bertz CT molecular complexity index is 698. The number of amides is 2. The van der Waals surface area contributed by atoms with Crippen LogP contribution in [0.3, 0.4) is 0 Å². The molecule has 0 heterocycles. The molecule has 188 valence electrons. The smallest absolute Gasteiger partial charge is 0.232 e. The van der Waals surface area contributed by atoms with E-state index in [-0.39, 0.29) is 23.7 Å². The van der Waals surface area contributed by atoms with Gasteiger partial charge in [-0.1, -0.05) is 0 Å². The van der Waals surface area contributed by atoms with Gasteiger partial charge in [0.1, 0.15) is 0 Å². The van der Waals surface area contributed by atoms with Crippen LogP contribution in [0.4, 0.5) is 0 Å². The highest BCUT2D eigenvalue weighted by Crippen LogP contribution is 2.61. The van der Waals surface area contributed by atoms with Crippen molar-refractivity contribution in [1.82, 2.24) is 9.44 Å². The summed E-state index contributed by atoms with van der Waals surface area (Å²) in [6, 6.07) is 0. The first-order valence-electron chi connectivity index (χ1n) is 14.4. The second-order valence-electron chi connectivity index (χ2n) is 13.9. The highest BCUT2D eigenvalue weighted by molar-refractivity contribution is 7.99. The zero-order valence-corrected chi connectivity index (χ0v) is 22.2. The Labute approximate surface area is 213 Å². The van der Waals surface area contributed by atoms with Crippen molar-refractivity contribution in [3.8, 4) is 0 Å². The van der Waals surface area contributed by atoms with Gasteiger partial charge in [0.05, 0.1) is 0 Å². The van der Waals surface area contributed by atoms with E-state index < -0.39 is 0 Å². The maximum absolute atomic E-state index is 13.0. The Hall–Kier alpha value is -0.360. The Morgan fingerprint density at radius 2 is 0.765 bits per heavy atom. The maximum atomic E-state index is 13.0. The van der Waals surface area contributed by atoms with Gasteiger partial charge in [-0.2, -0.15) is 0 Å². The summed E-state index contributed by atoms with van der Waals surface area (Å²) in [7, 11) is 0. The second kappa shape index (κ2) is 8.60. The van der Waals surface area contributed by atoms with Crippen molar-refractivity contribution < 1.29 is 9.59 Å². The zero-order chi connectivity index (χ0) is 22.9. The van der Waals surface area contributed by atoms with Gasteiger partial charge in [0, 0.05) is 21.3 Å². The van der Waals surface area contributed by atoms with Crippen molar-refractivity contribution in [2.75, 3.05) is 0 Å². The van der Waals surface area contributed by atoms with Crippen molar-refractivity contribution in [2.24, 2.45) is 47.3 Å². The molecule has 0 radical (unpaired) electrons. The van der Waals surface area contributed by atoms with Crippen LogP contribution in [-0.2, 0) is 9.59 Å². The minimum atomic E-state index is 0.0984. The number of hydrogen-bond acceptors (Lipinski definition) is 4. The molecule has 0 spiro atoms. The lowest BCUT2D eigenvalue weighted by Crippen LogP contribution is -2.50. The first-order chi connectivity index (χ1) is 16.4. The van der Waals surface area contributed by atoms with Gasteiger partial charge in [-0.05, 0) is 162 Å². The first-order valence-corrected chi connectivity index (χ1v) is 16.0. The molecule has 9 saturated carbocycles. The Kier molecular flexibility index (Phi) is 5.77. The van der Waals surface area contributed by atoms with Gasteiger partial charge in [-0.3, -0.25) is 19.0 Å². The van der Waals surface area contributed by atoms with E-state index in [1.165, 1.54) is 77.0 Å². The zero-order valence-electron chi connectivity index (χ0n) is 20.6. The molecule has 0 atom stereocenters. The first kappa shape index (κ1) is 22.8. The molecule has 9 fully saturated rings. The van der Waals surface area contributed by atoms with Crippen LogP contribution in [0.2, 0.25) is 0 Å². The minimum absolute atomic E-state index is 0.0984. The molecule has 6 heteroatoms. The lowest BCUT2D eigenvalue weighted by Gasteiger charge is -2.56. The monoisotopic (exact) mass is 502 g/mol.